The van der Waals surface area contributed by atoms with E-state index in [0.717, 1.165) is 17.5 Å². The quantitative estimate of drug-likeness (QED) is 0.174. The number of rotatable bonds is 1. The van der Waals surface area contributed by atoms with Crippen molar-refractivity contribution in [3.05, 3.63) is 88.8 Å². The molecule has 0 saturated carbocycles. The van der Waals surface area contributed by atoms with E-state index < -0.39 is 17.5 Å². The summed E-state index contributed by atoms with van der Waals surface area (Å²) in [7, 11) is 0. The molecule has 160 valence electrons. The van der Waals surface area contributed by atoms with Crippen molar-refractivity contribution in [1.82, 2.24) is 0 Å². The summed E-state index contributed by atoms with van der Waals surface area (Å²) in [4.78, 5) is 0. The van der Waals surface area contributed by atoms with Gasteiger partial charge in [0.25, 0.3) is 0 Å². The molecule has 0 aliphatic heterocycles. The molecule has 1 atom stereocenters. The minimum absolute atomic E-state index is 0.210. The van der Waals surface area contributed by atoms with Crippen molar-refractivity contribution in [3.8, 4) is 11.1 Å². The van der Waals surface area contributed by atoms with E-state index in [4.69, 9.17) is 0 Å². The second kappa shape index (κ2) is 11.3. The number of hydrogen-bond donors (Lipinski definition) is 0. The van der Waals surface area contributed by atoms with Crippen LogP contribution in [-0.4, -0.2) is 5.43 Å². The fourth-order valence-electron chi connectivity index (χ4n) is 3.30. The number of allylic oxidation sites excluding steroid dienone is 4. The van der Waals surface area contributed by atoms with Crippen LogP contribution in [0.1, 0.15) is 27.7 Å². The maximum absolute atomic E-state index is 13.7. The van der Waals surface area contributed by atoms with Gasteiger partial charge in [-0.2, -0.15) is 11.1 Å². The molecule has 1 aliphatic rings. The van der Waals surface area contributed by atoms with E-state index in [2.05, 4.69) is 46.9 Å². The minimum atomic E-state index is -1.15. The van der Waals surface area contributed by atoms with Gasteiger partial charge >= 0.3 is 41.9 Å². The van der Waals surface area contributed by atoms with Gasteiger partial charge in [0.05, 0.1) is 0 Å². The van der Waals surface area contributed by atoms with Gasteiger partial charge in [0.1, 0.15) is 5.82 Å². The molecule has 0 saturated heterocycles. The summed E-state index contributed by atoms with van der Waals surface area (Å²) >= 11 is 1.74. The Balaban J connectivity index is 0.000000220. The third-order valence-electron chi connectivity index (χ3n) is 5.23. The van der Waals surface area contributed by atoms with Crippen LogP contribution >= 0.6 is 0 Å². The summed E-state index contributed by atoms with van der Waals surface area (Å²) < 4.78 is 40.7. The molecule has 0 aromatic heterocycles. The van der Waals surface area contributed by atoms with E-state index in [0.29, 0.717) is 16.9 Å². The van der Waals surface area contributed by atoms with Gasteiger partial charge in [0, 0.05) is 5.56 Å². The molecule has 5 heteroatoms. The molecule has 0 bridgehead atoms. The third kappa shape index (κ3) is 6.46. The Morgan fingerprint density at radius 3 is 2.06 bits per heavy atom. The van der Waals surface area contributed by atoms with Gasteiger partial charge < -0.3 is 0 Å². The Labute approximate surface area is 198 Å². The monoisotopic (exact) mass is 514 g/mol. The standard InChI is InChI=1S/C15H8F3.C9H13.C2H6Si.Zr/c16-12-7-8-13(17)15(18)14(12)11-6-5-9-3-1-2-4-10(9)11;1-6-5-7(2)9(4)8(6)3;1-3-2;/h1-8H;6H,1-4H3;1-2H3;/q2*-1;;+2. The molecular formula is C26H27F3SiZr. The van der Waals surface area contributed by atoms with Crippen molar-refractivity contribution in [2.45, 2.75) is 40.8 Å². The number of hydrogen-bond acceptors (Lipinski definition) is 0. The molecule has 3 aromatic carbocycles. The van der Waals surface area contributed by atoms with Crippen LogP contribution in [0, 0.1) is 29.4 Å². The van der Waals surface area contributed by atoms with E-state index in [1.807, 2.05) is 12.1 Å². The normalized spacial score (nSPS) is 15.2. The van der Waals surface area contributed by atoms with E-state index in [1.165, 1.54) is 16.7 Å². The van der Waals surface area contributed by atoms with Gasteiger partial charge in [-0.3, -0.25) is 6.08 Å². The zero-order valence-electron chi connectivity index (χ0n) is 18.8. The first kappa shape index (κ1) is 25.7. The van der Waals surface area contributed by atoms with Crippen molar-refractivity contribution in [2.75, 3.05) is 0 Å². The molecule has 3 aromatic rings. The summed E-state index contributed by atoms with van der Waals surface area (Å²) in [6, 6.07) is 12.3. The van der Waals surface area contributed by atoms with E-state index in [9.17, 15) is 13.2 Å². The predicted octanol–water partition coefficient (Wildman–Crippen LogP) is 8.15. The molecule has 0 N–H and O–H groups in total. The fraction of sp³-hybridized carbons (Fsp3) is 0.269. The maximum atomic E-state index is 13.7. The van der Waals surface area contributed by atoms with Crippen molar-refractivity contribution in [2.24, 2.45) is 5.92 Å². The second-order valence-corrected chi connectivity index (χ2v) is 17.2. The first-order chi connectivity index (χ1) is 14.5. The zero-order chi connectivity index (χ0) is 23.3. The van der Waals surface area contributed by atoms with Gasteiger partial charge in [-0.05, 0) is 12.1 Å². The molecule has 31 heavy (non-hydrogen) atoms. The molecular weight excluding hydrogens is 489 g/mol. The SMILES string of the molecule is CC1=[C-]C(C)C(C)=C1C.C[Si](C)=[Zr+2].Fc1ccc(F)c(-c2c[cH-]c3ccccc23)c1F. The zero-order valence-corrected chi connectivity index (χ0v) is 22.3. The van der Waals surface area contributed by atoms with Crippen LogP contribution in [0.2, 0.25) is 13.1 Å². The smallest absolute Gasteiger partial charge is 0.159 e. The van der Waals surface area contributed by atoms with Crippen molar-refractivity contribution >= 4 is 16.2 Å². The van der Waals surface area contributed by atoms with Crippen LogP contribution < -0.4 is 0 Å². The predicted molar refractivity (Wildman–Crippen MR) is 122 cm³/mol. The maximum Gasteiger partial charge on any atom is 0.159 e. The largest absolute Gasteiger partial charge is 0.207 e. The van der Waals surface area contributed by atoms with Gasteiger partial charge in [0.2, 0.25) is 0 Å². The number of benzene rings is 2. The Morgan fingerprint density at radius 1 is 0.968 bits per heavy atom. The van der Waals surface area contributed by atoms with Crippen LogP contribution in [0.25, 0.3) is 21.9 Å². The second-order valence-electron chi connectivity index (χ2n) is 7.85. The Morgan fingerprint density at radius 2 is 1.55 bits per heavy atom. The average Bonchev–Trinajstić information content (AvgIpc) is 3.22. The van der Waals surface area contributed by atoms with Crippen LogP contribution in [-0.2, 0) is 23.3 Å². The van der Waals surface area contributed by atoms with E-state index in [-0.39, 0.29) is 11.0 Å². The first-order valence-corrected chi connectivity index (χ1v) is 16.3. The summed E-state index contributed by atoms with van der Waals surface area (Å²) in [6.45, 7) is 13.3. The summed E-state index contributed by atoms with van der Waals surface area (Å²) in [5.74, 6) is -2.39. The Bertz CT molecular complexity index is 1150. The summed E-state index contributed by atoms with van der Waals surface area (Å²) in [5, 5.41) is 1.58. The number of fused-ring (bicyclic) bond motifs is 1. The molecule has 4 rings (SSSR count). The van der Waals surface area contributed by atoms with Gasteiger partial charge in [0.15, 0.2) is 11.6 Å². The summed E-state index contributed by atoms with van der Waals surface area (Å²) in [6.07, 6.45) is 3.36. The van der Waals surface area contributed by atoms with Crippen LogP contribution in [0.3, 0.4) is 0 Å². The van der Waals surface area contributed by atoms with E-state index in [1.54, 1.807) is 47.6 Å². The van der Waals surface area contributed by atoms with Gasteiger partial charge in [-0.1, -0.05) is 32.8 Å². The molecule has 0 amide bonds. The minimum Gasteiger partial charge on any atom is -0.207 e. The summed E-state index contributed by atoms with van der Waals surface area (Å²) in [5.41, 5.74) is 4.52. The molecule has 0 radical (unpaired) electrons. The van der Waals surface area contributed by atoms with Gasteiger partial charge in [-0.25, -0.2) is 18.7 Å². The van der Waals surface area contributed by atoms with Crippen molar-refractivity contribution in [1.29, 1.82) is 0 Å². The van der Waals surface area contributed by atoms with Crippen molar-refractivity contribution in [3.63, 3.8) is 0 Å². The average molecular weight is 516 g/mol. The third-order valence-corrected chi connectivity index (χ3v) is 5.23. The van der Waals surface area contributed by atoms with Gasteiger partial charge in [-0.15, -0.1) is 53.6 Å². The Hall–Kier alpha value is -1.58. The fourth-order valence-corrected chi connectivity index (χ4v) is 3.30. The van der Waals surface area contributed by atoms with Crippen LogP contribution in [0.4, 0.5) is 13.2 Å². The molecule has 0 fully saturated rings. The van der Waals surface area contributed by atoms with Crippen LogP contribution in [0.5, 0.6) is 0 Å². The molecule has 1 unspecified atom stereocenters. The van der Waals surface area contributed by atoms with Crippen LogP contribution in [0.15, 0.2) is 65.3 Å². The van der Waals surface area contributed by atoms with Crippen molar-refractivity contribution < 1.29 is 36.5 Å². The first-order valence-electron chi connectivity index (χ1n) is 10.1. The topological polar surface area (TPSA) is 0 Å². The molecule has 0 heterocycles. The number of halogens is 3. The molecule has 0 spiro atoms. The van der Waals surface area contributed by atoms with E-state index >= 15 is 0 Å². The Kier molecular flexibility index (Phi) is 9.39. The molecule has 1 aliphatic carbocycles. The molecule has 0 nitrogen and oxygen atoms in total.